The van der Waals surface area contributed by atoms with Gasteiger partial charge >= 0.3 is 5.97 Å². The third-order valence-corrected chi connectivity index (χ3v) is 6.73. The van der Waals surface area contributed by atoms with Crippen LogP contribution < -0.4 is 0 Å². The minimum atomic E-state index is -3.02. The quantitative estimate of drug-likeness (QED) is 0.657. The van der Waals surface area contributed by atoms with Gasteiger partial charge in [-0.25, -0.2) is 13.6 Å². The van der Waals surface area contributed by atoms with Crippen molar-refractivity contribution in [2.75, 3.05) is 19.7 Å². The maximum absolute atomic E-state index is 15.2. The van der Waals surface area contributed by atoms with E-state index in [9.17, 15) is 9.59 Å². The monoisotopic (exact) mass is 445 g/mol. The fourth-order valence-electron chi connectivity index (χ4n) is 4.92. The fraction of sp³-hybridized carbons (Fsp3) is 0.542. The molecule has 0 bridgehead atoms. The van der Waals surface area contributed by atoms with Crippen molar-refractivity contribution in [1.82, 2.24) is 14.7 Å². The highest BCUT2D eigenvalue weighted by atomic mass is 19.3. The van der Waals surface area contributed by atoms with Gasteiger partial charge in [0, 0.05) is 17.8 Å². The van der Waals surface area contributed by atoms with Gasteiger partial charge in [0.15, 0.2) is 5.69 Å². The number of carbonyl (C=O) groups excluding carboxylic acids is 2. The van der Waals surface area contributed by atoms with Crippen LogP contribution in [0.15, 0.2) is 18.2 Å². The molecule has 2 aromatic rings. The Bertz CT molecular complexity index is 1050. The van der Waals surface area contributed by atoms with Gasteiger partial charge in [0.1, 0.15) is 6.54 Å². The summed E-state index contributed by atoms with van der Waals surface area (Å²) in [5, 5.41) is 4.31. The lowest BCUT2D eigenvalue weighted by molar-refractivity contribution is -0.145. The Hall–Kier alpha value is -2.77. The van der Waals surface area contributed by atoms with Crippen molar-refractivity contribution in [1.29, 1.82) is 0 Å². The number of ether oxygens (including phenoxy) is 1. The molecule has 0 radical (unpaired) electrons. The van der Waals surface area contributed by atoms with Crippen molar-refractivity contribution in [2.45, 2.75) is 64.8 Å². The van der Waals surface area contributed by atoms with Crippen LogP contribution in [0.25, 0.3) is 0 Å². The molecule has 0 saturated carbocycles. The van der Waals surface area contributed by atoms with Crippen LogP contribution >= 0.6 is 0 Å². The summed E-state index contributed by atoms with van der Waals surface area (Å²) in [6.07, 6.45) is 2.48. The molecule has 0 spiro atoms. The SMILES string of the molecule is CCOC(=O)c1nn(CC(=O)N2CCC(c3cccc(C)c3C)C(F)(F)C2)c2c1CCC2. The number of nitrogens with zero attached hydrogens (tertiary/aromatic N) is 3. The number of alkyl halides is 2. The van der Waals surface area contributed by atoms with Gasteiger partial charge < -0.3 is 9.64 Å². The highest BCUT2D eigenvalue weighted by Gasteiger charge is 2.47. The van der Waals surface area contributed by atoms with Gasteiger partial charge in [0.2, 0.25) is 5.91 Å². The van der Waals surface area contributed by atoms with Gasteiger partial charge in [-0.2, -0.15) is 5.10 Å². The molecule has 1 aliphatic heterocycles. The van der Waals surface area contributed by atoms with E-state index in [4.69, 9.17) is 4.74 Å². The average Bonchev–Trinajstić information content (AvgIpc) is 3.34. The van der Waals surface area contributed by atoms with E-state index >= 15 is 8.78 Å². The van der Waals surface area contributed by atoms with Crippen LogP contribution in [0.5, 0.6) is 0 Å². The van der Waals surface area contributed by atoms with Gasteiger partial charge in [-0.15, -0.1) is 0 Å². The van der Waals surface area contributed by atoms with E-state index in [0.717, 1.165) is 28.8 Å². The zero-order valence-electron chi connectivity index (χ0n) is 18.8. The Kier molecular flexibility index (Phi) is 6.05. The number of hydrogen-bond donors (Lipinski definition) is 0. The molecular weight excluding hydrogens is 416 g/mol. The fourth-order valence-corrected chi connectivity index (χ4v) is 4.92. The number of rotatable bonds is 5. The van der Waals surface area contributed by atoms with Crippen molar-refractivity contribution in [3.8, 4) is 0 Å². The molecule has 2 aliphatic rings. The maximum atomic E-state index is 15.2. The van der Waals surface area contributed by atoms with Crippen molar-refractivity contribution in [3.05, 3.63) is 51.8 Å². The predicted octanol–water partition coefficient (Wildman–Crippen LogP) is 3.82. The Morgan fingerprint density at radius 3 is 2.75 bits per heavy atom. The lowest BCUT2D eigenvalue weighted by atomic mass is 9.83. The first-order chi connectivity index (χ1) is 15.2. The number of fused-ring (bicyclic) bond motifs is 1. The largest absolute Gasteiger partial charge is 0.461 e. The number of piperidine rings is 1. The molecule has 1 atom stereocenters. The summed E-state index contributed by atoms with van der Waals surface area (Å²) < 4.78 is 36.9. The molecule has 1 saturated heterocycles. The van der Waals surface area contributed by atoms with E-state index < -0.39 is 30.3 Å². The predicted molar refractivity (Wildman–Crippen MR) is 115 cm³/mol. The Morgan fingerprint density at radius 1 is 1.25 bits per heavy atom. The summed E-state index contributed by atoms with van der Waals surface area (Å²) in [5.41, 5.74) is 4.42. The second kappa shape index (κ2) is 8.64. The zero-order chi connectivity index (χ0) is 23.0. The lowest BCUT2D eigenvalue weighted by Gasteiger charge is -2.39. The number of benzene rings is 1. The molecule has 1 amide bonds. The molecule has 1 aromatic heterocycles. The van der Waals surface area contributed by atoms with E-state index in [-0.39, 0.29) is 31.8 Å². The van der Waals surface area contributed by atoms with E-state index in [1.165, 1.54) is 9.58 Å². The number of carbonyl (C=O) groups is 2. The number of aryl methyl sites for hydroxylation is 1. The van der Waals surface area contributed by atoms with Crippen molar-refractivity contribution in [2.24, 2.45) is 0 Å². The normalized spacial score (nSPS) is 19.7. The van der Waals surface area contributed by atoms with E-state index in [0.29, 0.717) is 18.4 Å². The van der Waals surface area contributed by atoms with Crippen LogP contribution in [0.3, 0.4) is 0 Å². The maximum Gasteiger partial charge on any atom is 0.359 e. The zero-order valence-corrected chi connectivity index (χ0v) is 18.8. The first-order valence-corrected chi connectivity index (χ1v) is 11.2. The van der Waals surface area contributed by atoms with Crippen LogP contribution in [0, 0.1) is 13.8 Å². The highest BCUT2D eigenvalue weighted by molar-refractivity contribution is 5.89. The summed E-state index contributed by atoms with van der Waals surface area (Å²) in [6.45, 7) is 5.26. The molecule has 6 nitrogen and oxygen atoms in total. The second-order valence-corrected chi connectivity index (χ2v) is 8.71. The van der Waals surface area contributed by atoms with Crippen LogP contribution in [0.1, 0.15) is 64.1 Å². The van der Waals surface area contributed by atoms with Gasteiger partial charge in [-0.3, -0.25) is 9.48 Å². The molecule has 1 unspecified atom stereocenters. The first-order valence-electron chi connectivity index (χ1n) is 11.2. The first kappa shape index (κ1) is 22.4. The summed E-state index contributed by atoms with van der Waals surface area (Å²) in [6, 6.07) is 5.50. The van der Waals surface area contributed by atoms with Gasteiger partial charge in [0.25, 0.3) is 5.92 Å². The summed E-state index contributed by atoms with van der Waals surface area (Å²) in [5.74, 6) is -4.83. The summed E-state index contributed by atoms with van der Waals surface area (Å²) in [4.78, 5) is 26.4. The van der Waals surface area contributed by atoms with E-state index in [1.54, 1.807) is 13.0 Å². The standard InChI is InChI=1S/C24H29F2N3O3/c1-4-32-23(31)22-18-9-6-10-20(18)29(27-22)13-21(30)28-12-11-19(24(25,26)14-28)17-8-5-7-15(2)16(17)3/h5,7-8,19H,4,6,9-14H2,1-3H3. The van der Waals surface area contributed by atoms with E-state index in [2.05, 4.69) is 5.10 Å². The molecule has 0 N–H and O–H groups in total. The Labute approximate surface area is 186 Å². The highest BCUT2D eigenvalue weighted by Crippen LogP contribution is 2.42. The van der Waals surface area contributed by atoms with E-state index in [1.807, 2.05) is 26.0 Å². The van der Waals surface area contributed by atoms with Gasteiger partial charge in [-0.05, 0) is 63.1 Å². The van der Waals surface area contributed by atoms with Crippen molar-refractivity contribution < 1.29 is 23.1 Å². The molecule has 4 rings (SSSR count). The van der Waals surface area contributed by atoms with Gasteiger partial charge in [0.05, 0.1) is 19.1 Å². The number of likely N-dealkylation sites (tertiary alicyclic amines) is 1. The van der Waals surface area contributed by atoms with Crippen LogP contribution in [0.4, 0.5) is 8.78 Å². The summed E-state index contributed by atoms with van der Waals surface area (Å²) in [7, 11) is 0. The molecule has 172 valence electrons. The minimum Gasteiger partial charge on any atom is -0.461 e. The molecule has 1 aromatic carbocycles. The third-order valence-electron chi connectivity index (χ3n) is 6.73. The number of halogens is 2. The molecule has 1 aliphatic carbocycles. The number of aromatic nitrogens is 2. The van der Waals surface area contributed by atoms with Crippen LogP contribution in [-0.2, 0) is 28.9 Å². The third kappa shape index (κ3) is 4.02. The Morgan fingerprint density at radius 2 is 2.03 bits per heavy atom. The molecule has 2 heterocycles. The number of esters is 1. The minimum absolute atomic E-state index is 0.147. The molecule has 32 heavy (non-hydrogen) atoms. The topological polar surface area (TPSA) is 64.4 Å². The van der Waals surface area contributed by atoms with Crippen LogP contribution in [-0.4, -0.2) is 52.2 Å². The second-order valence-electron chi connectivity index (χ2n) is 8.71. The molecular formula is C24H29F2N3O3. The lowest BCUT2D eigenvalue weighted by Crippen LogP contribution is -2.50. The Balaban J connectivity index is 1.50. The average molecular weight is 446 g/mol. The van der Waals surface area contributed by atoms with Crippen molar-refractivity contribution in [3.63, 3.8) is 0 Å². The van der Waals surface area contributed by atoms with Gasteiger partial charge in [-0.1, -0.05) is 18.2 Å². The number of amides is 1. The van der Waals surface area contributed by atoms with Crippen molar-refractivity contribution >= 4 is 11.9 Å². The summed E-state index contributed by atoms with van der Waals surface area (Å²) >= 11 is 0. The number of hydrogen-bond acceptors (Lipinski definition) is 4. The molecule has 1 fully saturated rings. The smallest absolute Gasteiger partial charge is 0.359 e. The molecule has 8 heteroatoms. The van der Waals surface area contributed by atoms with Crippen LogP contribution in [0.2, 0.25) is 0 Å².